The molecule has 136 valence electrons. The largest absolute Gasteiger partial charge is 0.448 e. The molecule has 2 aromatic rings. The van der Waals surface area contributed by atoms with Crippen LogP contribution in [0.3, 0.4) is 0 Å². The van der Waals surface area contributed by atoms with Gasteiger partial charge in [0, 0.05) is 25.6 Å². The Morgan fingerprint density at radius 2 is 2.08 bits per heavy atom. The summed E-state index contributed by atoms with van der Waals surface area (Å²) in [5, 5.41) is 7.02. The van der Waals surface area contributed by atoms with Crippen molar-refractivity contribution in [2.75, 3.05) is 13.2 Å². The molecule has 3 heterocycles. The van der Waals surface area contributed by atoms with Crippen molar-refractivity contribution >= 4 is 5.91 Å². The highest BCUT2D eigenvalue weighted by Crippen LogP contribution is 2.30. The third-order valence-corrected chi connectivity index (χ3v) is 4.35. The van der Waals surface area contributed by atoms with E-state index in [9.17, 15) is 4.79 Å². The van der Waals surface area contributed by atoms with Crippen molar-refractivity contribution in [2.45, 2.75) is 52.0 Å². The van der Waals surface area contributed by atoms with Crippen molar-refractivity contribution in [3.63, 3.8) is 0 Å². The number of hydrogen-bond donors (Lipinski definition) is 1. The Hall–Kier alpha value is -2.22. The van der Waals surface area contributed by atoms with Gasteiger partial charge in [0.2, 0.25) is 5.89 Å². The number of ether oxygens (including phenoxy) is 1. The summed E-state index contributed by atoms with van der Waals surface area (Å²) in [6.45, 7) is 7.24. The Balaban J connectivity index is 1.81. The second-order valence-electron chi connectivity index (χ2n) is 6.53. The van der Waals surface area contributed by atoms with Crippen LogP contribution in [0.4, 0.5) is 0 Å². The first-order chi connectivity index (χ1) is 12.1. The van der Waals surface area contributed by atoms with E-state index in [1.165, 1.54) is 6.26 Å². The summed E-state index contributed by atoms with van der Waals surface area (Å²) in [7, 11) is 0. The van der Waals surface area contributed by atoms with Crippen LogP contribution in [0.15, 0.2) is 15.2 Å². The summed E-state index contributed by atoms with van der Waals surface area (Å²) >= 11 is 0. The number of aryl methyl sites for hydroxylation is 1. The molecule has 1 amide bonds. The van der Waals surface area contributed by atoms with Gasteiger partial charge in [-0.2, -0.15) is 4.98 Å². The van der Waals surface area contributed by atoms with Crippen LogP contribution >= 0.6 is 0 Å². The second kappa shape index (κ2) is 7.77. The summed E-state index contributed by atoms with van der Waals surface area (Å²) < 4.78 is 16.1. The molecule has 1 saturated heterocycles. The van der Waals surface area contributed by atoms with Gasteiger partial charge in [0.1, 0.15) is 12.3 Å². The number of nitrogens with zero attached hydrogens (tertiary/aromatic N) is 3. The molecule has 0 saturated carbocycles. The molecule has 0 unspecified atom stereocenters. The summed E-state index contributed by atoms with van der Waals surface area (Å²) in [6, 6.07) is -0.363. The fraction of sp³-hybridized carbons (Fsp3) is 0.647. The fourth-order valence-electron chi connectivity index (χ4n) is 2.83. The zero-order chi connectivity index (χ0) is 17.8. The van der Waals surface area contributed by atoms with Crippen molar-refractivity contribution in [3.05, 3.63) is 29.6 Å². The standard InChI is InChI=1S/C17H24N4O4/c1-4-13-18-12(9-24-13)16(22)19-14(11-5-7-23-8-6-11)17-20-15(10(2)3)21-25-17/h9-11,14H,4-8H2,1-3H3,(H,19,22)/t14-/m1/s1. The van der Waals surface area contributed by atoms with Crippen molar-refractivity contribution in [2.24, 2.45) is 5.92 Å². The highest BCUT2D eigenvalue weighted by atomic mass is 16.5. The number of oxazole rings is 1. The van der Waals surface area contributed by atoms with Gasteiger partial charge in [0.15, 0.2) is 17.4 Å². The fourth-order valence-corrected chi connectivity index (χ4v) is 2.83. The quantitative estimate of drug-likeness (QED) is 0.856. The first-order valence-corrected chi connectivity index (χ1v) is 8.75. The molecule has 0 aliphatic carbocycles. The van der Waals surface area contributed by atoms with Crippen molar-refractivity contribution in [3.8, 4) is 0 Å². The molecule has 25 heavy (non-hydrogen) atoms. The summed E-state index contributed by atoms with van der Waals surface area (Å²) in [5.41, 5.74) is 0.262. The molecule has 1 aliphatic rings. The minimum atomic E-state index is -0.363. The van der Waals surface area contributed by atoms with Crippen LogP contribution in [0.5, 0.6) is 0 Å². The molecule has 1 aliphatic heterocycles. The number of nitrogens with one attached hydrogen (secondary N) is 1. The topological polar surface area (TPSA) is 103 Å². The van der Waals surface area contributed by atoms with Crippen LogP contribution < -0.4 is 5.32 Å². The van der Waals surface area contributed by atoms with E-state index in [2.05, 4.69) is 20.4 Å². The molecule has 0 spiro atoms. The smallest absolute Gasteiger partial charge is 0.273 e. The first kappa shape index (κ1) is 17.6. The number of amides is 1. The molecule has 0 radical (unpaired) electrons. The van der Waals surface area contributed by atoms with E-state index in [1.807, 2.05) is 20.8 Å². The Bertz CT molecular complexity index is 703. The van der Waals surface area contributed by atoms with Gasteiger partial charge in [-0.3, -0.25) is 4.79 Å². The lowest BCUT2D eigenvalue weighted by Crippen LogP contribution is -2.36. The molecule has 0 bridgehead atoms. The lowest BCUT2D eigenvalue weighted by atomic mass is 9.91. The first-order valence-electron chi connectivity index (χ1n) is 8.75. The lowest BCUT2D eigenvalue weighted by molar-refractivity contribution is 0.0467. The molecule has 0 aromatic carbocycles. The van der Waals surface area contributed by atoms with Gasteiger partial charge in [-0.05, 0) is 18.8 Å². The molecular weight excluding hydrogens is 324 g/mol. The molecule has 2 aromatic heterocycles. The van der Waals surface area contributed by atoms with Crippen molar-refractivity contribution < 1.29 is 18.5 Å². The van der Waals surface area contributed by atoms with Crippen molar-refractivity contribution in [1.29, 1.82) is 0 Å². The number of carbonyl (C=O) groups is 1. The Labute approximate surface area is 146 Å². The zero-order valence-electron chi connectivity index (χ0n) is 14.8. The maximum Gasteiger partial charge on any atom is 0.273 e. The maximum atomic E-state index is 12.6. The minimum absolute atomic E-state index is 0.159. The third-order valence-electron chi connectivity index (χ3n) is 4.35. The monoisotopic (exact) mass is 348 g/mol. The van der Waals surface area contributed by atoms with E-state index < -0.39 is 0 Å². The molecule has 8 heteroatoms. The van der Waals surface area contributed by atoms with Gasteiger partial charge in [0.05, 0.1) is 0 Å². The number of hydrogen-bond acceptors (Lipinski definition) is 7. The average molecular weight is 348 g/mol. The normalized spacial score (nSPS) is 17.0. The Kier molecular flexibility index (Phi) is 5.47. The molecule has 1 N–H and O–H groups in total. The van der Waals surface area contributed by atoms with E-state index >= 15 is 0 Å². The van der Waals surface area contributed by atoms with Crippen LogP contribution in [0, 0.1) is 5.92 Å². The van der Waals surface area contributed by atoms with Gasteiger partial charge in [-0.1, -0.05) is 25.9 Å². The summed E-state index contributed by atoms with van der Waals surface area (Å²) in [5.74, 6) is 1.64. The number of aromatic nitrogens is 3. The Morgan fingerprint density at radius 3 is 2.68 bits per heavy atom. The SMILES string of the molecule is CCc1nc(C(=O)N[C@@H](c2nc(C(C)C)no2)C2CCOCC2)co1. The molecule has 3 rings (SSSR count). The second-order valence-corrected chi connectivity index (χ2v) is 6.53. The molecule has 1 atom stereocenters. The highest BCUT2D eigenvalue weighted by Gasteiger charge is 2.32. The van der Waals surface area contributed by atoms with Crippen LogP contribution in [0.25, 0.3) is 0 Å². The van der Waals surface area contributed by atoms with E-state index in [0.29, 0.717) is 37.2 Å². The van der Waals surface area contributed by atoms with E-state index in [4.69, 9.17) is 13.7 Å². The summed E-state index contributed by atoms with van der Waals surface area (Å²) in [4.78, 5) is 21.2. The van der Waals surface area contributed by atoms with Gasteiger partial charge in [0.25, 0.3) is 5.91 Å². The number of carbonyl (C=O) groups excluding carboxylic acids is 1. The van der Waals surface area contributed by atoms with Crippen molar-refractivity contribution in [1.82, 2.24) is 20.4 Å². The molecular formula is C17H24N4O4. The van der Waals surface area contributed by atoms with Gasteiger partial charge in [-0.25, -0.2) is 4.98 Å². The van der Waals surface area contributed by atoms with Crippen LogP contribution in [0.2, 0.25) is 0 Å². The van der Waals surface area contributed by atoms with Gasteiger partial charge >= 0.3 is 0 Å². The average Bonchev–Trinajstić information content (AvgIpc) is 3.29. The lowest BCUT2D eigenvalue weighted by Gasteiger charge is -2.28. The molecule has 8 nitrogen and oxygen atoms in total. The van der Waals surface area contributed by atoms with Crippen LogP contribution in [-0.4, -0.2) is 34.2 Å². The predicted molar refractivity (Wildman–Crippen MR) is 88.0 cm³/mol. The third kappa shape index (κ3) is 4.07. The Morgan fingerprint density at radius 1 is 1.32 bits per heavy atom. The van der Waals surface area contributed by atoms with E-state index in [-0.39, 0.29) is 29.5 Å². The molecule has 1 fully saturated rings. The summed E-state index contributed by atoms with van der Waals surface area (Å²) in [6.07, 6.45) is 3.66. The van der Waals surface area contributed by atoms with Gasteiger partial charge < -0.3 is 19.0 Å². The van der Waals surface area contributed by atoms with Crippen LogP contribution in [-0.2, 0) is 11.2 Å². The van der Waals surface area contributed by atoms with E-state index in [0.717, 1.165) is 12.8 Å². The highest BCUT2D eigenvalue weighted by molar-refractivity contribution is 5.92. The minimum Gasteiger partial charge on any atom is -0.448 e. The number of rotatable bonds is 6. The zero-order valence-corrected chi connectivity index (χ0v) is 14.8. The van der Waals surface area contributed by atoms with Gasteiger partial charge in [-0.15, -0.1) is 0 Å². The predicted octanol–water partition coefficient (Wildman–Crippen LogP) is 2.64. The maximum absolute atomic E-state index is 12.6. The van der Waals surface area contributed by atoms with E-state index in [1.54, 1.807) is 0 Å². The van der Waals surface area contributed by atoms with Crippen LogP contribution in [0.1, 0.15) is 73.7 Å².